The van der Waals surface area contributed by atoms with Gasteiger partial charge in [-0.25, -0.2) is 0 Å². The normalized spacial score (nSPS) is 11.8. The molecule has 9 rings (SSSR count). The number of benzene rings is 6. The van der Waals surface area contributed by atoms with Gasteiger partial charge in [-0.15, -0.1) is 34.0 Å². The molecule has 0 bridgehead atoms. The van der Waals surface area contributed by atoms with Crippen molar-refractivity contribution in [2.45, 2.75) is 6.92 Å². The van der Waals surface area contributed by atoms with Gasteiger partial charge in [0.05, 0.1) is 0 Å². The number of thiophene rings is 3. The quantitative estimate of drug-likeness (QED) is 0.173. The Morgan fingerprint density at radius 2 is 0.727 bits per heavy atom. The molecule has 0 unspecified atom stereocenters. The second kappa shape index (κ2) is 10.3. The molecule has 0 N–H and O–H groups in total. The standard InChI is InChI=1S/C41H26S3/c1-25-22-38(34-18-19-35(42-34)39-30-14-6-2-10-26(30)23-27-11-3-7-15-31(27)39)44-41(25)37-21-20-36(43-37)40-32-16-8-4-12-28(32)24-29-13-5-9-17-33(29)40/h2-24H,1H3. The Morgan fingerprint density at radius 1 is 0.341 bits per heavy atom. The molecule has 0 fully saturated rings. The molecule has 3 aromatic heterocycles. The summed E-state index contributed by atoms with van der Waals surface area (Å²) < 4.78 is 0. The lowest BCUT2D eigenvalue weighted by molar-refractivity contribution is 1.56. The van der Waals surface area contributed by atoms with Crippen LogP contribution in [0.1, 0.15) is 5.56 Å². The maximum atomic E-state index is 2.38. The van der Waals surface area contributed by atoms with Crippen molar-refractivity contribution in [1.29, 1.82) is 0 Å². The maximum absolute atomic E-state index is 2.38. The molecule has 0 aliphatic rings. The van der Waals surface area contributed by atoms with Crippen molar-refractivity contribution in [3.8, 4) is 40.4 Å². The number of rotatable bonds is 4. The summed E-state index contributed by atoms with van der Waals surface area (Å²) >= 11 is 5.73. The second-order valence-corrected chi connectivity index (χ2v) is 14.6. The highest BCUT2D eigenvalue weighted by molar-refractivity contribution is 7.28. The van der Waals surface area contributed by atoms with Crippen molar-refractivity contribution in [2.24, 2.45) is 0 Å². The molecule has 0 aliphatic heterocycles. The van der Waals surface area contributed by atoms with Gasteiger partial charge >= 0.3 is 0 Å². The van der Waals surface area contributed by atoms with Crippen molar-refractivity contribution in [1.82, 2.24) is 0 Å². The van der Waals surface area contributed by atoms with Gasteiger partial charge in [-0.2, -0.15) is 0 Å². The van der Waals surface area contributed by atoms with Gasteiger partial charge in [0.1, 0.15) is 0 Å². The molecule has 0 nitrogen and oxygen atoms in total. The minimum atomic E-state index is 1.29. The highest BCUT2D eigenvalue weighted by Crippen LogP contribution is 2.48. The fraction of sp³-hybridized carbons (Fsp3) is 0.0244. The van der Waals surface area contributed by atoms with Crippen molar-refractivity contribution in [3.05, 3.63) is 145 Å². The van der Waals surface area contributed by atoms with Crippen LogP contribution >= 0.6 is 34.0 Å². The van der Waals surface area contributed by atoms with E-state index < -0.39 is 0 Å². The van der Waals surface area contributed by atoms with E-state index in [9.17, 15) is 0 Å². The van der Waals surface area contributed by atoms with Crippen LogP contribution in [-0.2, 0) is 0 Å². The van der Waals surface area contributed by atoms with Gasteiger partial charge in [-0.1, -0.05) is 97.1 Å². The molecule has 3 heterocycles. The smallest absolute Gasteiger partial charge is 0.0478 e. The van der Waals surface area contributed by atoms with Crippen LogP contribution in [0.4, 0.5) is 0 Å². The molecule has 9 aromatic rings. The summed E-state index contributed by atoms with van der Waals surface area (Å²) in [6, 6.07) is 51.4. The van der Waals surface area contributed by atoms with Crippen LogP contribution in [0.25, 0.3) is 83.5 Å². The third kappa shape index (κ3) is 4.16. The molecule has 3 heteroatoms. The number of hydrogen-bond donors (Lipinski definition) is 0. The summed E-state index contributed by atoms with van der Waals surface area (Å²) in [5.74, 6) is 0. The second-order valence-electron chi connectivity index (χ2n) is 11.3. The van der Waals surface area contributed by atoms with E-state index in [0.717, 1.165) is 0 Å². The molecule has 0 saturated carbocycles. The van der Waals surface area contributed by atoms with Crippen LogP contribution in [0.2, 0.25) is 0 Å². The van der Waals surface area contributed by atoms with E-state index in [1.807, 2.05) is 34.0 Å². The van der Waals surface area contributed by atoms with E-state index in [1.165, 1.54) is 89.0 Å². The molecule has 208 valence electrons. The predicted molar refractivity (Wildman–Crippen MR) is 197 cm³/mol. The van der Waals surface area contributed by atoms with Gasteiger partial charge < -0.3 is 0 Å². The molecule has 0 aliphatic carbocycles. The fourth-order valence-corrected chi connectivity index (χ4v) is 10.2. The summed E-state index contributed by atoms with van der Waals surface area (Å²) in [4.78, 5) is 8.01. The Labute approximate surface area is 268 Å². The first-order chi connectivity index (χ1) is 21.7. The highest BCUT2D eigenvalue weighted by Gasteiger charge is 2.18. The van der Waals surface area contributed by atoms with Crippen molar-refractivity contribution < 1.29 is 0 Å². The third-order valence-electron chi connectivity index (χ3n) is 8.63. The van der Waals surface area contributed by atoms with Gasteiger partial charge in [-0.3, -0.25) is 0 Å². The summed E-state index contributed by atoms with van der Waals surface area (Å²) in [7, 11) is 0. The largest absolute Gasteiger partial charge is 0.134 e. The predicted octanol–water partition coefficient (Wildman–Crippen LogP) is 13.5. The maximum Gasteiger partial charge on any atom is 0.0478 e. The first-order valence-corrected chi connectivity index (χ1v) is 17.3. The average Bonchev–Trinajstić information content (AvgIpc) is 3.83. The highest BCUT2D eigenvalue weighted by atomic mass is 32.1. The van der Waals surface area contributed by atoms with Crippen molar-refractivity contribution in [2.75, 3.05) is 0 Å². The Bertz CT molecular complexity index is 2410. The SMILES string of the molecule is Cc1cc(-c2ccc(-c3c4ccccc4cc4ccccc34)s2)sc1-c1ccc(-c2c3ccccc3cc3ccccc23)s1. The van der Waals surface area contributed by atoms with Gasteiger partial charge in [0.2, 0.25) is 0 Å². The van der Waals surface area contributed by atoms with Crippen LogP contribution in [0, 0.1) is 6.92 Å². The zero-order chi connectivity index (χ0) is 29.2. The molecule has 0 atom stereocenters. The zero-order valence-electron chi connectivity index (χ0n) is 24.0. The first-order valence-electron chi connectivity index (χ1n) is 14.8. The first kappa shape index (κ1) is 25.9. The van der Waals surface area contributed by atoms with Crippen LogP contribution in [0.3, 0.4) is 0 Å². The molecule has 44 heavy (non-hydrogen) atoms. The number of aryl methyl sites for hydroxylation is 1. The topological polar surface area (TPSA) is 0 Å². The third-order valence-corrected chi connectivity index (χ3v) is 12.5. The molecular formula is C41H26S3. The average molecular weight is 615 g/mol. The summed E-state index contributed by atoms with van der Waals surface area (Å²) in [5.41, 5.74) is 4.02. The van der Waals surface area contributed by atoms with Crippen molar-refractivity contribution >= 4 is 77.1 Å². The lowest BCUT2D eigenvalue weighted by atomic mass is 9.96. The summed E-state index contributed by atoms with van der Waals surface area (Å²) in [6.07, 6.45) is 0. The van der Waals surface area contributed by atoms with Gasteiger partial charge in [0.25, 0.3) is 0 Å². The lowest BCUT2D eigenvalue weighted by Crippen LogP contribution is -1.82. The number of fused-ring (bicyclic) bond motifs is 4. The number of hydrogen-bond acceptors (Lipinski definition) is 3. The Kier molecular flexibility index (Phi) is 6.05. The summed E-state index contributed by atoms with van der Waals surface area (Å²) in [5, 5.41) is 10.4. The van der Waals surface area contributed by atoms with Gasteiger partial charge in [0, 0.05) is 40.4 Å². The van der Waals surface area contributed by atoms with Crippen LogP contribution in [0.5, 0.6) is 0 Å². The lowest BCUT2D eigenvalue weighted by Gasteiger charge is -2.10. The molecule has 0 amide bonds. The van der Waals surface area contributed by atoms with Gasteiger partial charge in [-0.05, 0) is 98.0 Å². The van der Waals surface area contributed by atoms with E-state index in [2.05, 4.69) is 146 Å². The van der Waals surface area contributed by atoms with Crippen LogP contribution in [0.15, 0.2) is 140 Å². The molecule has 0 spiro atoms. The minimum absolute atomic E-state index is 1.29. The monoisotopic (exact) mass is 614 g/mol. The summed E-state index contributed by atoms with van der Waals surface area (Å²) in [6.45, 7) is 2.26. The molecule has 0 saturated heterocycles. The molecule has 0 radical (unpaired) electrons. The molecular weight excluding hydrogens is 589 g/mol. The van der Waals surface area contributed by atoms with E-state index in [1.54, 1.807) is 0 Å². The van der Waals surface area contributed by atoms with E-state index >= 15 is 0 Å². The zero-order valence-corrected chi connectivity index (χ0v) is 26.5. The van der Waals surface area contributed by atoms with E-state index in [-0.39, 0.29) is 0 Å². The van der Waals surface area contributed by atoms with Crippen molar-refractivity contribution in [3.63, 3.8) is 0 Å². The Hall–Kier alpha value is -4.54. The van der Waals surface area contributed by atoms with Gasteiger partial charge in [0.15, 0.2) is 0 Å². The van der Waals surface area contributed by atoms with Crippen LogP contribution in [-0.4, -0.2) is 0 Å². The Morgan fingerprint density at radius 3 is 1.20 bits per heavy atom. The van der Waals surface area contributed by atoms with E-state index in [0.29, 0.717) is 0 Å². The fourth-order valence-electron chi connectivity index (χ4n) is 6.61. The van der Waals surface area contributed by atoms with E-state index in [4.69, 9.17) is 0 Å². The molecule has 6 aromatic carbocycles. The minimum Gasteiger partial charge on any atom is -0.134 e. The van der Waals surface area contributed by atoms with Crippen LogP contribution < -0.4 is 0 Å². The Balaban J connectivity index is 1.13.